The molecule has 4 aromatic rings. The molecule has 6 rings (SSSR count). The molecule has 2 aliphatic heterocycles. The molecule has 0 aromatic heterocycles. The van der Waals surface area contributed by atoms with Gasteiger partial charge in [0.25, 0.3) is 0 Å². The van der Waals surface area contributed by atoms with Crippen molar-refractivity contribution in [2.45, 2.75) is 87.1 Å². The number of carbonyl (C=O) groups is 6. The van der Waals surface area contributed by atoms with Crippen LogP contribution in [0.4, 0.5) is 0 Å². The monoisotopic (exact) mass is 872 g/mol. The quantitative estimate of drug-likeness (QED) is 0.0976. The van der Waals surface area contributed by atoms with Gasteiger partial charge in [-0.3, -0.25) is 14.4 Å². The van der Waals surface area contributed by atoms with Crippen LogP contribution in [0.15, 0.2) is 126 Å². The largest absolute Gasteiger partial charge is 0.456 e. The summed E-state index contributed by atoms with van der Waals surface area (Å²) in [7, 11) is 0. The zero-order valence-corrected chi connectivity index (χ0v) is 34.5. The van der Waals surface area contributed by atoms with Crippen LogP contribution in [0.1, 0.15) is 51.8 Å². The Balaban J connectivity index is 1.36. The maximum Gasteiger partial charge on any atom is 0.338 e. The van der Waals surface area contributed by atoms with E-state index >= 15 is 0 Å². The number of benzene rings is 4. The molecule has 0 radical (unpaired) electrons. The SMILES string of the molecule is CC(=O)O[C@H]1[C@@H](OC(C)=O)[C@@H](CSc2ccccc2)O[C@@H](OC[C@H]2O[C@H](O)[C@H](OC(=O)c3ccccc3)[C@@H](OC(=O)c3ccccc3)[C@@H]2OC(=O)c2ccccc2)[C@@H]1OC(C)=O. The summed E-state index contributed by atoms with van der Waals surface area (Å²) in [5.41, 5.74) is 0.270. The van der Waals surface area contributed by atoms with E-state index < -0.39 is 104 Å². The first kappa shape index (κ1) is 45.4. The average molecular weight is 873 g/mol. The molecule has 0 aliphatic carbocycles. The van der Waals surface area contributed by atoms with E-state index in [1.165, 1.54) is 48.2 Å². The van der Waals surface area contributed by atoms with Crippen LogP contribution < -0.4 is 0 Å². The van der Waals surface area contributed by atoms with Gasteiger partial charge in [-0.05, 0) is 48.5 Å². The van der Waals surface area contributed by atoms with Crippen molar-refractivity contribution >= 4 is 47.6 Å². The van der Waals surface area contributed by atoms with Gasteiger partial charge in [-0.25, -0.2) is 14.4 Å². The molecule has 0 amide bonds. The van der Waals surface area contributed by atoms with E-state index in [2.05, 4.69) is 0 Å². The predicted octanol–water partition coefficient (Wildman–Crippen LogP) is 4.71. The third-order valence-corrected chi connectivity index (χ3v) is 10.5. The Morgan fingerprint density at radius 1 is 0.484 bits per heavy atom. The second kappa shape index (κ2) is 21.6. The van der Waals surface area contributed by atoms with Crippen molar-refractivity contribution in [3.63, 3.8) is 0 Å². The summed E-state index contributed by atoms with van der Waals surface area (Å²) < 4.78 is 53.1. The molecule has 17 heteroatoms. The van der Waals surface area contributed by atoms with Gasteiger partial charge in [0.15, 0.2) is 49.2 Å². The number of aliphatic hydroxyl groups is 1. The second-order valence-corrected chi connectivity index (χ2v) is 15.1. The van der Waals surface area contributed by atoms with Crippen LogP contribution in [0.5, 0.6) is 0 Å². The molecule has 2 aliphatic rings. The fourth-order valence-electron chi connectivity index (χ4n) is 6.74. The molecule has 2 heterocycles. The molecule has 16 nitrogen and oxygen atoms in total. The minimum Gasteiger partial charge on any atom is -0.456 e. The van der Waals surface area contributed by atoms with Crippen molar-refractivity contribution in [3.8, 4) is 0 Å². The second-order valence-electron chi connectivity index (χ2n) is 14.0. The fourth-order valence-corrected chi connectivity index (χ4v) is 7.71. The van der Waals surface area contributed by atoms with Crippen LogP contribution >= 0.6 is 11.8 Å². The van der Waals surface area contributed by atoms with E-state index in [9.17, 15) is 33.9 Å². The van der Waals surface area contributed by atoms with Crippen LogP contribution in [0.2, 0.25) is 0 Å². The lowest BCUT2D eigenvalue weighted by atomic mass is 9.97. The predicted molar refractivity (Wildman–Crippen MR) is 216 cm³/mol. The van der Waals surface area contributed by atoms with Gasteiger partial charge in [-0.1, -0.05) is 72.8 Å². The Kier molecular flexibility index (Phi) is 15.8. The van der Waals surface area contributed by atoms with E-state index in [-0.39, 0.29) is 22.4 Å². The molecular formula is C45H44O16S. The molecule has 0 bridgehead atoms. The van der Waals surface area contributed by atoms with Crippen molar-refractivity contribution in [3.05, 3.63) is 138 Å². The van der Waals surface area contributed by atoms with Gasteiger partial charge in [0, 0.05) is 31.4 Å². The van der Waals surface area contributed by atoms with Crippen LogP contribution in [-0.4, -0.2) is 115 Å². The highest BCUT2D eigenvalue weighted by molar-refractivity contribution is 7.99. The standard InChI is InChI=1S/C45H44O16S/c1-26(46)54-36-34(25-62-32-22-14-7-15-23-32)58-45(40(56-28(3)48)38(36)55-27(2)47)53-24-33-35(59-41(49)29-16-8-4-9-17-29)37(60-42(50)30-18-10-5-11-19-30)39(44(52)57-33)61-43(51)31-20-12-6-13-21-31/h4-23,33-40,44-45,52H,24-25H2,1-3H3/t33-,34-,35-,36+,37+,38+,39-,40-,44+,45-/m1/s1. The maximum atomic E-state index is 13.8. The molecule has 1 N–H and O–H groups in total. The summed E-state index contributed by atoms with van der Waals surface area (Å²) in [5, 5.41) is 11.5. The number of rotatable bonds is 15. The van der Waals surface area contributed by atoms with Gasteiger partial charge in [0.2, 0.25) is 0 Å². The van der Waals surface area contributed by atoms with Crippen LogP contribution in [0.3, 0.4) is 0 Å². The minimum absolute atomic E-state index is 0.0839. The van der Waals surface area contributed by atoms with E-state index in [1.807, 2.05) is 30.3 Å². The lowest BCUT2D eigenvalue weighted by Gasteiger charge is -2.46. The maximum absolute atomic E-state index is 13.8. The van der Waals surface area contributed by atoms with Gasteiger partial charge in [-0.15, -0.1) is 11.8 Å². The van der Waals surface area contributed by atoms with Crippen molar-refractivity contribution in [2.24, 2.45) is 0 Å². The van der Waals surface area contributed by atoms with Crippen LogP contribution in [0, 0.1) is 0 Å². The Morgan fingerprint density at radius 3 is 1.35 bits per heavy atom. The Morgan fingerprint density at radius 2 is 0.871 bits per heavy atom. The smallest absolute Gasteiger partial charge is 0.338 e. The Labute approximate surface area is 360 Å². The number of thioether (sulfide) groups is 1. The normalized spacial score (nSPS) is 25.6. The molecular weight excluding hydrogens is 829 g/mol. The summed E-state index contributed by atoms with van der Waals surface area (Å²) in [4.78, 5) is 79.3. The Bertz CT molecular complexity index is 2140. The first-order chi connectivity index (χ1) is 29.9. The van der Waals surface area contributed by atoms with E-state index in [0.29, 0.717) is 0 Å². The molecule has 0 unspecified atom stereocenters. The summed E-state index contributed by atoms with van der Waals surface area (Å²) in [5.74, 6) is -5.00. The first-order valence-electron chi connectivity index (χ1n) is 19.5. The summed E-state index contributed by atoms with van der Waals surface area (Å²) >= 11 is 1.33. The highest BCUT2D eigenvalue weighted by Gasteiger charge is 2.55. The van der Waals surface area contributed by atoms with Crippen molar-refractivity contribution < 1.29 is 76.5 Å². The zero-order valence-electron chi connectivity index (χ0n) is 33.7. The third kappa shape index (κ3) is 12.0. The molecule has 2 saturated heterocycles. The van der Waals surface area contributed by atoms with Crippen molar-refractivity contribution in [1.29, 1.82) is 0 Å². The fraction of sp³-hybridized carbons (Fsp3) is 0.333. The van der Waals surface area contributed by atoms with Gasteiger partial charge < -0.3 is 47.7 Å². The highest BCUT2D eigenvalue weighted by Crippen LogP contribution is 2.35. The van der Waals surface area contributed by atoms with E-state index in [4.69, 9.17) is 42.6 Å². The lowest BCUT2D eigenvalue weighted by Crippen LogP contribution is -2.64. The van der Waals surface area contributed by atoms with Gasteiger partial charge in [0.1, 0.15) is 12.2 Å². The van der Waals surface area contributed by atoms with Gasteiger partial charge >= 0.3 is 35.8 Å². The summed E-state index contributed by atoms with van der Waals surface area (Å²) in [6.07, 6.45) is -15.6. The minimum atomic E-state index is -2.01. The summed E-state index contributed by atoms with van der Waals surface area (Å²) in [6.45, 7) is 2.73. The molecule has 326 valence electrons. The zero-order chi connectivity index (χ0) is 44.2. The number of hydrogen-bond donors (Lipinski definition) is 1. The summed E-state index contributed by atoms with van der Waals surface area (Å²) in [6, 6.07) is 32.6. The average Bonchev–Trinajstić information content (AvgIpc) is 3.26. The van der Waals surface area contributed by atoms with E-state index in [0.717, 1.165) is 25.7 Å². The van der Waals surface area contributed by atoms with Crippen molar-refractivity contribution in [1.82, 2.24) is 0 Å². The topological polar surface area (TPSA) is 206 Å². The number of esters is 6. The van der Waals surface area contributed by atoms with Gasteiger partial charge in [0.05, 0.1) is 23.3 Å². The molecule has 10 atom stereocenters. The van der Waals surface area contributed by atoms with Crippen LogP contribution in [-0.2, 0) is 57.0 Å². The van der Waals surface area contributed by atoms with Crippen molar-refractivity contribution in [2.75, 3.05) is 12.4 Å². The van der Waals surface area contributed by atoms with Crippen LogP contribution in [0.25, 0.3) is 0 Å². The molecule has 62 heavy (non-hydrogen) atoms. The third-order valence-electron chi connectivity index (χ3n) is 9.45. The molecule has 4 aromatic carbocycles. The number of ether oxygens (including phenoxy) is 9. The first-order valence-corrected chi connectivity index (χ1v) is 20.4. The highest BCUT2D eigenvalue weighted by atomic mass is 32.2. The lowest BCUT2D eigenvalue weighted by molar-refractivity contribution is -0.322. The van der Waals surface area contributed by atoms with Gasteiger partial charge in [-0.2, -0.15) is 0 Å². The molecule has 2 fully saturated rings. The molecule has 0 saturated carbocycles. The number of carbonyl (C=O) groups excluding carboxylic acids is 6. The number of aliphatic hydroxyl groups excluding tert-OH is 1. The van der Waals surface area contributed by atoms with E-state index in [1.54, 1.807) is 54.6 Å². The Hall–Kier alpha value is -6.11. The molecule has 0 spiro atoms. The number of hydrogen-bond acceptors (Lipinski definition) is 17.